The lowest BCUT2D eigenvalue weighted by atomic mass is 9.77. The van der Waals surface area contributed by atoms with Gasteiger partial charge in [-0.3, -0.25) is 0 Å². The third-order valence-corrected chi connectivity index (χ3v) is 7.03. The van der Waals surface area contributed by atoms with Gasteiger partial charge in [-0.1, -0.05) is 81.4 Å². The molecule has 2 aliphatic rings. The summed E-state index contributed by atoms with van der Waals surface area (Å²) in [7, 11) is 0. The summed E-state index contributed by atoms with van der Waals surface area (Å²) >= 11 is 0. The van der Waals surface area contributed by atoms with Gasteiger partial charge >= 0.3 is 0 Å². The van der Waals surface area contributed by atoms with Crippen molar-refractivity contribution < 1.29 is 8.78 Å². The molecule has 0 spiro atoms. The third kappa shape index (κ3) is 4.79. The van der Waals surface area contributed by atoms with Crippen molar-refractivity contribution in [3.8, 4) is 11.1 Å². The maximum Gasteiger partial charge on any atom is 0.134 e. The molecule has 0 heterocycles. The van der Waals surface area contributed by atoms with Crippen molar-refractivity contribution in [1.29, 1.82) is 0 Å². The first kappa shape index (κ1) is 20.3. The van der Waals surface area contributed by atoms with E-state index in [1.807, 2.05) is 12.1 Å². The van der Waals surface area contributed by atoms with Gasteiger partial charge in [0.15, 0.2) is 0 Å². The van der Waals surface area contributed by atoms with E-state index in [0.717, 1.165) is 47.8 Å². The molecular formula is C27H32F2. The van der Waals surface area contributed by atoms with Crippen molar-refractivity contribution >= 4 is 6.08 Å². The van der Waals surface area contributed by atoms with E-state index in [9.17, 15) is 4.39 Å². The lowest BCUT2D eigenvalue weighted by molar-refractivity contribution is 0.252. The smallest absolute Gasteiger partial charge is 0.134 e. The van der Waals surface area contributed by atoms with E-state index < -0.39 is 0 Å². The minimum atomic E-state index is -0.293. The first-order valence-electron chi connectivity index (χ1n) is 11.4. The summed E-state index contributed by atoms with van der Waals surface area (Å²) in [6.45, 7) is 2.30. The number of hydrogen-bond acceptors (Lipinski definition) is 0. The number of benzene rings is 2. The Kier molecular flexibility index (Phi) is 6.47. The van der Waals surface area contributed by atoms with Gasteiger partial charge in [-0.05, 0) is 66.3 Å². The second kappa shape index (κ2) is 9.24. The first-order chi connectivity index (χ1) is 14.1. The lowest BCUT2D eigenvalue weighted by Crippen LogP contribution is -2.15. The molecule has 0 amide bonds. The van der Waals surface area contributed by atoms with E-state index in [1.165, 1.54) is 62.7 Å². The van der Waals surface area contributed by atoms with Crippen LogP contribution >= 0.6 is 0 Å². The molecule has 0 unspecified atom stereocenters. The van der Waals surface area contributed by atoms with Crippen molar-refractivity contribution in [3.63, 3.8) is 0 Å². The Bertz CT molecular complexity index is 855. The zero-order valence-corrected chi connectivity index (χ0v) is 17.5. The number of fused-ring (bicyclic) bond motifs is 1. The molecule has 1 fully saturated rings. The van der Waals surface area contributed by atoms with Gasteiger partial charge in [-0.2, -0.15) is 0 Å². The highest BCUT2D eigenvalue weighted by atomic mass is 19.1. The van der Waals surface area contributed by atoms with Crippen LogP contribution in [-0.4, -0.2) is 0 Å². The van der Waals surface area contributed by atoms with Crippen LogP contribution in [-0.2, 0) is 6.42 Å². The van der Waals surface area contributed by atoms with Crippen molar-refractivity contribution in [2.45, 2.75) is 71.1 Å². The summed E-state index contributed by atoms with van der Waals surface area (Å²) in [6, 6.07) is 9.96. The molecule has 0 nitrogen and oxygen atoms in total. The molecule has 2 aromatic carbocycles. The first-order valence-corrected chi connectivity index (χ1v) is 11.4. The van der Waals surface area contributed by atoms with Crippen molar-refractivity contribution in [2.75, 3.05) is 0 Å². The summed E-state index contributed by atoms with van der Waals surface area (Å²) in [5, 5.41) is 0. The molecule has 0 aliphatic heterocycles. The molecular weight excluding hydrogens is 362 g/mol. The predicted octanol–water partition coefficient (Wildman–Crippen LogP) is 8.35. The maximum atomic E-state index is 15.1. The zero-order chi connectivity index (χ0) is 20.2. The molecule has 0 bridgehead atoms. The Balaban J connectivity index is 1.40. The highest BCUT2D eigenvalue weighted by Crippen LogP contribution is 2.37. The number of halogens is 2. The maximum absolute atomic E-state index is 15.1. The highest BCUT2D eigenvalue weighted by molar-refractivity contribution is 5.70. The van der Waals surface area contributed by atoms with Crippen LogP contribution in [0.3, 0.4) is 0 Å². The van der Waals surface area contributed by atoms with Crippen LogP contribution in [0.2, 0.25) is 0 Å². The fraction of sp³-hybridized carbons (Fsp3) is 0.481. The standard InChI is InChI=1S/C27H32F2/c1-2-3-19-4-6-20(7-5-19)8-9-21-10-16-26-23(18-21)13-17-25(27(26)29)22-11-14-24(28)15-12-22/h11-15,17-20H,2-10,16H2,1H3. The summed E-state index contributed by atoms with van der Waals surface area (Å²) in [5.74, 6) is 1.41. The van der Waals surface area contributed by atoms with Gasteiger partial charge < -0.3 is 0 Å². The molecule has 0 radical (unpaired) electrons. The largest absolute Gasteiger partial charge is 0.207 e. The van der Waals surface area contributed by atoms with Crippen LogP contribution in [0.15, 0.2) is 42.0 Å². The Labute approximate surface area is 174 Å². The SMILES string of the molecule is CCCC1CCC(CCC2=Cc3ccc(-c4ccc(F)cc4)c(F)c3CC2)CC1. The van der Waals surface area contributed by atoms with Gasteiger partial charge in [0.25, 0.3) is 0 Å². The molecule has 154 valence electrons. The van der Waals surface area contributed by atoms with Gasteiger partial charge in [0.2, 0.25) is 0 Å². The van der Waals surface area contributed by atoms with E-state index in [4.69, 9.17) is 0 Å². The van der Waals surface area contributed by atoms with Gasteiger partial charge in [0, 0.05) is 5.56 Å². The van der Waals surface area contributed by atoms with Crippen molar-refractivity contribution in [1.82, 2.24) is 0 Å². The molecule has 29 heavy (non-hydrogen) atoms. The van der Waals surface area contributed by atoms with E-state index >= 15 is 4.39 Å². The average Bonchev–Trinajstić information content (AvgIpc) is 2.74. The monoisotopic (exact) mass is 394 g/mol. The summed E-state index contributed by atoms with van der Waals surface area (Å²) in [4.78, 5) is 0. The average molecular weight is 395 g/mol. The van der Waals surface area contributed by atoms with Crippen molar-refractivity contribution in [2.24, 2.45) is 11.8 Å². The van der Waals surface area contributed by atoms with Crippen LogP contribution in [0, 0.1) is 23.5 Å². The van der Waals surface area contributed by atoms with Gasteiger partial charge in [0.1, 0.15) is 11.6 Å². The molecule has 2 aromatic rings. The third-order valence-electron chi connectivity index (χ3n) is 7.03. The van der Waals surface area contributed by atoms with Crippen LogP contribution in [0.1, 0.15) is 75.8 Å². The van der Waals surface area contributed by atoms with E-state index in [0.29, 0.717) is 5.56 Å². The molecule has 2 heteroatoms. The fourth-order valence-corrected chi connectivity index (χ4v) is 5.26. The Morgan fingerprint density at radius 3 is 2.21 bits per heavy atom. The van der Waals surface area contributed by atoms with Gasteiger partial charge in [0.05, 0.1) is 0 Å². The molecule has 2 aliphatic carbocycles. The van der Waals surface area contributed by atoms with Crippen LogP contribution in [0.5, 0.6) is 0 Å². The van der Waals surface area contributed by atoms with E-state index in [2.05, 4.69) is 13.0 Å². The molecule has 0 N–H and O–H groups in total. The zero-order valence-electron chi connectivity index (χ0n) is 17.5. The highest BCUT2D eigenvalue weighted by Gasteiger charge is 2.22. The Morgan fingerprint density at radius 2 is 1.52 bits per heavy atom. The number of rotatable bonds is 6. The quantitative estimate of drug-likeness (QED) is 0.462. The molecule has 0 atom stereocenters. The number of hydrogen-bond donors (Lipinski definition) is 0. The number of allylic oxidation sites excluding steroid dienone is 1. The van der Waals surface area contributed by atoms with E-state index in [-0.39, 0.29) is 11.6 Å². The van der Waals surface area contributed by atoms with Crippen LogP contribution in [0.4, 0.5) is 8.78 Å². The second-order valence-corrected chi connectivity index (χ2v) is 9.02. The molecule has 1 saturated carbocycles. The fourth-order valence-electron chi connectivity index (χ4n) is 5.26. The summed E-state index contributed by atoms with van der Waals surface area (Å²) < 4.78 is 28.3. The van der Waals surface area contributed by atoms with Gasteiger partial charge in [-0.15, -0.1) is 0 Å². The summed E-state index contributed by atoms with van der Waals surface area (Å²) in [6.07, 6.45) is 14.7. The van der Waals surface area contributed by atoms with E-state index in [1.54, 1.807) is 12.1 Å². The van der Waals surface area contributed by atoms with Crippen LogP contribution < -0.4 is 0 Å². The molecule has 4 rings (SSSR count). The molecule has 0 saturated heterocycles. The normalized spacial score (nSPS) is 21.6. The van der Waals surface area contributed by atoms with Crippen LogP contribution in [0.25, 0.3) is 17.2 Å². The minimum Gasteiger partial charge on any atom is -0.207 e. The predicted molar refractivity (Wildman–Crippen MR) is 118 cm³/mol. The van der Waals surface area contributed by atoms with Crippen molar-refractivity contribution in [3.05, 3.63) is 64.7 Å². The Hall–Kier alpha value is -1.96. The minimum absolute atomic E-state index is 0.140. The molecule has 0 aromatic heterocycles. The summed E-state index contributed by atoms with van der Waals surface area (Å²) in [5.41, 5.74) is 4.63. The van der Waals surface area contributed by atoms with Gasteiger partial charge in [-0.25, -0.2) is 8.78 Å². The topological polar surface area (TPSA) is 0 Å². The second-order valence-electron chi connectivity index (χ2n) is 9.02. The lowest BCUT2D eigenvalue weighted by Gasteiger charge is -2.29. The Morgan fingerprint density at radius 1 is 0.828 bits per heavy atom.